The van der Waals surface area contributed by atoms with Gasteiger partial charge in [0, 0.05) is 36.1 Å². The second kappa shape index (κ2) is 8.00. The maximum atomic E-state index is 9.37. The van der Waals surface area contributed by atoms with Crippen LogP contribution in [0.1, 0.15) is 36.2 Å². The second-order valence-corrected chi connectivity index (χ2v) is 7.61. The Kier molecular flexibility index (Phi) is 5.76. The van der Waals surface area contributed by atoms with E-state index in [0.29, 0.717) is 5.92 Å². The molecule has 1 unspecified atom stereocenters. The molecule has 3 heterocycles. The lowest BCUT2D eigenvalue weighted by molar-refractivity contribution is 0.167. The van der Waals surface area contributed by atoms with Gasteiger partial charge in [-0.1, -0.05) is 0 Å². The van der Waals surface area contributed by atoms with Crippen LogP contribution < -0.4 is 5.32 Å². The highest BCUT2D eigenvalue weighted by molar-refractivity contribution is 7.15. The van der Waals surface area contributed by atoms with E-state index in [0.717, 1.165) is 42.7 Å². The predicted octanol–water partition coefficient (Wildman–Crippen LogP) is 2.45. The topological polar surface area (TPSA) is 74.2 Å². The fourth-order valence-corrected chi connectivity index (χ4v) is 4.16. The number of aromatic nitrogens is 3. The molecule has 3 rings (SSSR count). The Hall–Kier alpha value is -1.57. The largest absolute Gasteiger partial charge is 0.374 e. The lowest BCUT2D eigenvalue weighted by Crippen LogP contribution is -2.35. The zero-order valence-corrected chi connectivity index (χ0v) is 15.1. The number of thiazole rings is 1. The van der Waals surface area contributed by atoms with Crippen molar-refractivity contribution < 1.29 is 5.11 Å². The first-order valence-corrected chi connectivity index (χ1v) is 9.30. The first-order chi connectivity index (χ1) is 11.6. The average Bonchev–Trinajstić information content (AvgIpc) is 2.94. The number of rotatable bonds is 6. The molecular formula is C17H25N5OS. The number of piperidine rings is 1. The highest BCUT2D eigenvalue weighted by atomic mass is 32.1. The smallest absolute Gasteiger partial charge is 0.184 e. The summed E-state index contributed by atoms with van der Waals surface area (Å²) in [6.45, 7) is 6.80. The molecule has 0 aliphatic carbocycles. The number of nitrogens with one attached hydrogen (secondary N) is 1. The van der Waals surface area contributed by atoms with Gasteiger partial charge in [-0.2, -0.15) is 0 Å². The molecule has 0 bridgehead atoms. The van der Waals surface area contributed by atoms with E-state index < -0.39 is 6.23 Å². The molecule has 0 spiro atoms. The summed E-state index contributed by atoms with van der Waals surface area (Å²) in [5, 5.41) is 13.1. The first-order valence-electron chi connectivity index (χ1n) is 8.48. The predicted molar refractivity (Wildman–Crippen MR) is 95.9 cm³/mol. The van der Waals surface area contributed by atoms with Crippen molar-refractivity contribution in [3.05, 3.63) is 34.9 Å². The normalized spacial score (nSPS) is 20.0. The molecule has 0 aromatic carbocycles. The molecule has 7 heteroatoms. The highest BCUT2D eigenvalue weighted by Crippen LogP contribution is 2.25. The number of aliphatic hydroxyl groups excluding tert-OH is 1. The zero-order valence-electron chi connectivity index (χ0n) is 14.3. The summed E-state index contributed by atoms with van der Waals surface area (Å²) in [7, 11) is 0. The molecule has 1 fully saturated rings. The minimum absolute atomic E-state index is 0.570. The van der Waals surface area contributed by atoms with Crippen LogP contribution >= 0.6 is 11.3 Å². The van der Waals surface area contributed by atoms with Crippen LogP contribution in [0, 0.1) is 12.8 Å². The molecule has 2 aromatic rings. The van der Waals surface area contributed by atoms with E-state index in [2.05, 4.69) is 25.2 Å². The standard InChI is InChI=1S/C17H25N5OS/c1-12-18-6-5-15(20-12)8-14-4-3-7-22(10-14)11-16-9-19-17(24-16)21-13(2)23/h5-6,9,13-14,23H,3-4,7-8,10-11H2,1-2H3,(H,19,21)/t13?,14-/m1/s1. The Balaban J connectivity index is 1.54. The third-order valence-corrected chi connectivity index (χ3v) is 5.11. The van der Waals surface area contributed by atoms with E-state index in [1.165, 1.54) is 17.7 Å². The third kappa shape index (κ3) is 4.96. The van der Waals surface area contributed by atoms with Gasteiger partial charge < -0.3 is 10.4 Å². The van der Waals surface area contributed by atoms with Gasteiger partial charge in [0.25, 0.3) is 0 Å². The zero-order chi connectivity index (χ0) is 16.9. The third-order valence-electron chi connectivity index (χ3n) is 4.20. The van der Waals surface area contributed by atoms with Gasteiger partial charge in [-0.25, -0.2) is 15.0 Å². The molecule has 130 valence electrons. The van der Waals surface area contributed by atoms with Gasteiger partial charge in [0.05, 0.1) is 0 Å². The van der Waals surface area contributed by atoms with Gasteiger partial charge in [0.2, 0.25) is 0 Å². The summed E-state index contributed by atoms with van der Waals surface area (Å²) in [4.78, 5) is 16.8. The Bertz CT molecular complexity index is 660. The van der Waals surface area contributed by atoms with Crippen LogP contribution in [0.15, 0.2) is 18.5 Å². The fraction of sp³-hybridized carbons (Fsp3) is 0.588. The van der Waals surface area contributed by atoms with Crippen LogP contribution in [0.3, 0.4) is 0 Å². The van der Waals surface area contributed by atoms with Crippen LogP contribution in [-0.2, 0) is 13.0 Å². The SMILES string of the molecule is Cc1nccc(C[C@H]2CCCN(Cc3cnc(NC(C)O)s3)C2)n1. The van der Waals surface area contributed by atoms with Gasteiger partial charge in [-0.05, 0) is 51.6 Å². The van der Waals surface area contributed by atoms with Crippen LogP contribution in [0.5, 0.6) is 0 Å². The Morgan fingerprint density at radius 3 is 3.12 bits per heavy atom. The first kappa shape index (κ1) is 17.3. The monoisotopic (exact) mass is 347 g/mol. The molecule has 0 saturated carbocycles. The van der Waals surface area contributed by atoms with Crippen molar-refractivity contribution in [3.8, 4) is 0 Å². The minimum atomic E-state index is -0.570. The van der Waals surface area contributed by atoms with Gasteiger partial charge in [0.15, 0.2) is 5.13 Å². The van der Waals surface area contributed by atoms with Crippen molar-refractivity contribution in [2.45, 2.75) is 45.9 Å². The summed E-state index contributed by atoms with van der Waals surface area (Å²) >= 11 is 1.62. The van der Waals surface area contributed by atoms with Gasteiger partial charge in [-0.3, -0.25) is 4.90 Å². The Morgan fingerprint density at radius 1 is 1.46 bits per heavy atom. The fourth-order valence-electron chi connectivity index (χ4n) is 3.22. The molecule has 24 heavy (non-hydrogen) atoms. The number of hydrogen-bond acceptors (Lipinski definition) is 7. The molecular weight excluding hydrogens is 322 g/mol. The average molecular weight is 347 g/mol. The lowest BCUT2D eigenvalue weighted by Gasteiger charge is -2.32. The lowest BCUT2D eigenvalue weighted by atomic mass is 9.93. The minimum Gasteiger partial charge on any atom is -0.374 e. The van der Waals surface area contributed by atoms with Gasteiger partial charge in [-0.15, -0.1) is 11.3 Å². The number of likely N-dealkylation sites (tertiary alicyclic amines) is 1. The molecule has 1 saturated heterocycles. The maximum absolute atomic E-state index is 9.37. The number of anilines is 1. The summed E-state index contributed by atoms with van der Waals surface area (Å²) in [5.74, 6) is 1.50. The van der Waals surface area contributed by atoms with E-state index in [-0.39, 0.29) is 0 Å². The molecule has 6 nitrogen and oxygen atoms in total. The molecule has 0 radical (unpaired) electrons. The second-order valence-electron chi connectivity index (χ2n) is 6.49. The van der Waals surface area contributed by atoms with Crippen LogP contribution in [0.25, 0.3) is 0 Å². The molecule has 2 N–H and O–H groups in total. The maximum Gasteiger partial charge on any atom is 0.184 e. The summed E-state index contributed by atoms with van der Waals surface area (Å²) in [6, 6.07) is 2.03. The van der Waals surface area contributed by atoms with Crippen molar-refractivity contribution in [1.82, 2.24) is 19.9 Å². The molecule has 1 aliphatic heterocycles. The van der Waals surface area contributed by atoms with E-state index >= 15 is 0 Å². The Morgan fingerprint density at radius 2 is 2.33 bits per heavy atom. The highest BCUT2D eigenvalue weighted by Gasteiger charge is 2.21. The molecule has 2 aromatic heterocycles. The van der Waals surface area contributed by atoms with Crippen molar-refractivity contribution in [2.75, 3.05) is 18.4 Å². The van der Waals surface area contributed by atoms with Crippen LogP contribution in [0.4, 0.5) is 5.13 Å². The number of nitrogens with zero attached hydrogens (tertiary/aromatic N) is 4. The van der Waals surface area contributed by atoms with Gasteiger partial charge in [0.1, 0.15) is 12.1 Å². The summed E-state index contributed by atoms with van der Waals surface area (Å²) < 4.78 is 0. The Labute approximate surface area is 147 Å². The van der Waals surface area contributed by atoms with Crippen molar-refractivity contribution in [3.63, 3.8) is 0 Å². The van der Waals surface area contributed by atoms with E-state index in [1.807, 2.05) is 25.4 Å². The van der Waals surface area contributed by atoms with Crippen LogP contribution in [-0.4, -0.2) is 44.3 Å². The summed E-state index contributed by atoms with van der Waals surface area (Å²) in [6.07, 6.45) is 6.71. The van der Waals surface area contributed by atoms with Crippen LogP contribution in [0.2, 0.25) is 0 Å². The van der Waals surface area contributed by atoms with E-state index in [1.54, 1.807) is 18.3 Å². The van der Waals surface area contributed by atoms with Gasteiger partial charge >= 0.3 is 0 Å². The number of aryl methyl sites for hydroxylation is 1. The van der Waals surface area contributed by atoms with E-state index in [9.17, 15) is 5.11 Å². The van der Waals surface area contributed by atoms with Crippen molar-refractivity contribution >= 4 is 16.5 Å². The van der Waals surface area contributed by atoms with Crippen molar-refractivity contribution in [1.29, 1.82) is 0 Å². The van der Waals surface area contributed by atoms with Crippen molar-refractivity contribution in [2.24, 2.45) is 5.92 Å². The molecule has 2 atom stereocenters. The number of hydrogen-bond donors (Lipinski definition) is 2. The molecule has 0 amide bonds. The number of aliphatic hydroxyl groups is 1. The van der Waals surface area contributed by atoms with E-state index in [4.69, 9.17) is 0 Å². The quantitative estimate of drug-likeness (QED) is 0.782. The molecule has 1 aliphatic rings. The summed E-state index contributed by atoms with van der Waals surface area (Å²) in [5.41, 5.74) is 1.15.